The van der Waals surface area contributed by atoms with Crippen LogP contribution < -0.4 is 25.6 Å². The Balaban J connectivity index is 1.45. The predicted molar refractivity (Wildman–Crippen MR) is 136 cm³/mol. The second-order valence-electron chi connectivity index (χ2n) is 8.34. The van der Waals surface area contributed by atoms with Gasteiger partial charge in [-0.25, -0.2) is 4.98 Å². The number of methoxy groups -OCH3 is 1. The molecule has 1 saturated carbocycles. The molecule has 3 N–H and O–H groups in total. The van der Waals surface area contributed by atoms with Crippen molar-refractivity contribution in [2.24, 2.45) is 5.73 Å². The van der Waals surface area contributed by atoms with E-state index in [0.717, 1.165) is 53.8 Å². The highest BCUT2D eigenvalue weighted by molar-refractivity contribution is 7.80. The zero-order chi connectivity index (χ0) is 22.7. The third-order valence-electron chi connectivity index (χ3n) is 5.99. The molecule has 0 saturated heterocycles. The Hall–Kier alpha value is -3.13. The molecule has 0 unspecified atom stereocenters. The molecule has 8 heteroatoms. The van der Waals surface area contributed by atoms with Crippen molar-refractivity contribution in [2.45, 2.75) is 37.8 Å². The maximum Gasteiger partial charge on any atom is 0.225 e. The first-order valence-corrected chi connectivity index (χ1v) is 11.3. The van der Waals surface area contributed by atoms with Crippen molar-refractivity contribution >= 4 is 45.7 Å². The molecule has 1 heterocycles. The van der Waals surface area contributed by atoms with Crippen LogP contribution in [-0.2, 0) is 0 Å². The number of nitrogens with two attached hydrogens (primary N) is 1. The van der Waals surface area contributed by atoms with Gasteiger partial charge in [-0.05, 0) is 74.3 Å². The van der Waals surface area contributed by atoms with Crippen LogP contribution >= 0.6 is 12.2 Å². The molecule has 0 atom stereocenters. The van der Waals surface area contributed by atoms with Gasteiger partial charge in [-0.2, -0.15) is 4.98 Å². The number of thiocarbonyl (C=S) groups is 1. The van der Waals surface area contributed by atoms with E-state index in [1.165, 1.54) is 0 Å². The summed E-state index contributed by atoms with van der Waals surface area (Å²) in [6.07, 6.45) is 3.95. The third-order valence-corrected chi connectivity index (χ3v) is 6.19. The molecule has 32 heavy (non-hydrogen) atoms. The molecule has 3 aromatic rings. The summed E-state index contributed by atoms with van der Waals surface area (Å²) >= 11 is 5.39. The highest BCUT2D eigenvalue weighted by atomic mass is 32.1. The Morgan fingerprint density at radius 3 is 2.34 bits per heavy atom. The molecule has 4 rings (SSSR count). The van der Waals surface area contributed by atoms with Crippen LogP contribution in [0.2, 0.25) is 0 Å². The summed E-state index contributed by atoms with van der Waals surface area (Å²) in [5, 5.41) is 5.02. The number of nitrogens with one attached hydrogen (secondary N) is 1. The Kier molecular flexibility index (Phi) is 6.60. The van der Waals surface area contributed by atoms with Gasteiger partial charge in [0.1, 0.15) is 11.6 Å². The predicted octanol–water partition coefficient (Wildman–Crippen LogP) is 4.18. The minimum absolute atomic E-state index is 0.272. The molecule has 1 aliphatic rings. The number of aromatic nitrogens is 2. The maximum absolute atomic E-state index is 6.11. The van der Waals surface area contributed by atoms with Crippen LogP contribution in [0.25, 0.3) is 10.9 Å². The van der Waals surface area contributed by atoms with Crippen molar-refractivity contribution in [3.05, 3.63) is 48.5 Å². The Bertz CT molecular complexity index is 1080. The largest absolute Gasteiger partial charge is 0.497 e. The van der Waals surface area contributed by atoms with E-state index in [9.17, 15) is 0 Å². The van der Waals surface area contributed by atoms with Crippen molar-refractivity contribution in [3.8, 4) is 5.75 Å². The molecular formula is C24H30N6OS. The Morgan fingerprint density at radius 2 is 1.72 bits per heavy atom. The van der Waals surface area contributed by atoms with Crippen molar-refractivity contribution in [2.75, 3.05) is 36.3 Å². The Labute approximate surface area is 194 Å². The fourth-order valence-corrected chi connectivity index (χ4v) is 4.64. The summed E-state index contributed by atoms with van der Waals surface area (Å²) in [6.45, 7) is 0. The fourth-order valence-electron chi connectivity index (χ4n) is 4.39. The highest BCUT2D eigenvalue weighted by Gasteiger charge is 2.28. The molecule has 2 aromatic carbocycles. The lowest BCUT2D eigenvalue weighted by molar-refractivity contribution is 0.408. The summed E-state index contributed by atoms with van der Waals surface area (Å²) in [4.78, 5) is 13.6. The number of anilines is 3. The van der Waals surface area contributed by atoms with E-state index < -0.39 is 0 Å². The molecule has 0 amide bonds. The van der Waals surface area contributed by atoms with Crippen molar-refractivity contribution in [3.63, 3.8) is 0 Å². The zero-order valence-electron chi connectivity index (χ0n) is 18.8. The quantitative estimate of drug-likeness (QED) is 0.542. The maximum atomic E-state index is 6.11. The minimum atomic E-state index is 0.272. The van der Waals surface area contributed by atoms with E-state index in [4.69, 9.17) is 32.7 Å². The standard InChI is InChI=1S/C24H30N6OS/c1-29(2)22-20-6-4-5-7-21(20)27-24(28-22)26-16-8-10-17(11-9-16)30(23(25)32)18-12-14-19(31-3)15-13-18/h4-7,12-17H,8-11H2,1-3H3,(H2,25,32)(H,26,27,28). The number of hydrogen-bond acceptors (Lipinski definition) is 6. The van der Waals surface area contributed by atoms with Gasteiger partial charge in [0.25, 0.3) is 0 Å². The first-order chi connectivity index (χ1) is 15.5. The lowest BCUT2D eigenvalue weighted by Crippen LogP contribution is -2.46. The second-order valence-corrected chi connectivity index (χ2v) is 8.76. The number of ether oxygens (including phenoxy) is 1. The van der Waals surface area contributed by atoms with E-state index in [1.807, 2.05) is 61.5 Å². The van der Waals surface area contributed by atoms with Crippen LogP contribution in [0.3, 0.4) is 0 Å². The second kappa shape index (κ2) is 9.56. The van der Waals surface area contributed by atoms with Gasteiger partial charge in [-0.1, -0.05) is 12.1 Å². The lowest BCUT2D eigenvalue weighted by Gasteiger charge is -2.37. The first-order valence-electron chi connectivity index (χ1n) is 10.9. The molecular weight excluding hydrogens is 420 g/mol. The van der Waals surface area contributed by atoms with Gasteiger partial charge in [0.05, 0.1) is 12.6 Å². The van der Waals surface area contributed by atoms with Gasteiger partial charge in [-0.15, -0.1) is 0 Å². The van der Waals surface area contributed by atoms with Gasteiger partial charge in [0, 0.05) is 37.3 Å². The van der Waals surface area contributed by atoms with Gasteiger partial charge < -0.3 is 25.6 Å². The van der Waals surface area contributed by atoms with Crippen LogP contribution in [0.5, 0.6) is 5.75 Å². The van der Waals surface area contributed by atoms with Gasteiger partial charge in [-0.3, -0.25) is 0 Å². The number of fused-ring (bicyclic) bond motifs is 1. The SMILES string of the molecule is COc1ccc(N(C(N)=S)C2CCC(Nc3nc(N(C)C)c4ccccc4n3)CC2)cc1. The van der Waals surface area contributed by atoms with Crippen LogP contribution in [0.1, 0.15) is 25.7 Å². The molecule has 0 aliphatic heterocycles. The number of para-hydroxylation sites is 1. The van der Waals surface area contributed by atoms with Gasteiger partial charge in [0.15, 0.2) is 5.11 Å². The summed E-state index contributed by atoms with van der Waals surface area (Å²) in [7, 11) is 5.68. The van der Waals surface area contributed by atoms with E-state index in [-0.39, 0.29) is 6.04 Å². The van der Waals surface area contributed by atoms with Crippen LogP contribution in [-0.4, -0.2) is 48.4 Å². The van der Waals surface area contributed by atoms with Crippen LogP contribution in [0, 0.1) is 0 Å². The van der Waals surface area contributed by atoms with Crippen molar-refractivity contribution in [1.29, 1.82) is 0 Å². The van der Waals surface area contributed by atoms with E-state index >= 15 is 0 Å². The average Bonchev–Trinajstić information content (AvgIpc) is 2.80. The van der Waals surface area contributed by atoms with Gasteiger partial charge in [0.2, 0.25) is 5.95 Å². The van der Waals surface area contributed by atoms with E-state index in [2.05, 4.69) is 16.3 Å². The number of rotatable bonds is 6. The van der Waals surface area contributed by atoms with Crippen LogP contribution in [0.4, 0.5) is 17.5 Å². The fraction of sp³-hybridized carbons (Fsp3) is 0.375. The molecule has 0 bridgehead atoms. The minimum Gasteiger partial charge on any atom is -0.497 e. The number of nitrogens with zero attached hydrogens (tertiary/aromatic N) is 4. The first kappa shape index (κ1) is 22.1. The molecule has 0 spiro atoms. The molecule has 168 valence electrons. The summed E-state index contributed by atoms with van der Waals surface area (Å²) in [5.74, 6) is 2.42. The Morgan fingerprint density at radius 1 is 1.03 bits per heavy atom. The smallest absolute Gasteiger partial charge is 0.225 e. The summed E-state index contributed by atoms with van der Waals surface area (Å²) < 4.78 is 5.27. The third kappa shape index (κ3) is 4.70. The molecule has 7 nitrogen and oxygen atoms in total. The zero-order valence-corrected chi connectivity index (χ0v) is 19.6. The monoisotopic (exact) mass is 450 g/mol. The summed E-state index contributed by atoms with van der Waals surface area (Å²) in [5.41, 5.74) is 8.06. The van der Waals surface area contributed by atoms with E-state index in [0.29, 0.717) is 17.1 Å². The van der Waals surface area contributed by atoms with Crippen molar-refractivity contribution < 1.29 is 4.74 Å². The summed E-state index contributed by atoms with van der Waals surface area (Å²) in [6, 6.07) is 16.6. The molecule has 1 fully saturated rings. The van der Waals surface area contributed by atoms with E-state index in [1.54, 1.807) is 7.11 Å². The normalized spacial score (nSPS) is 18.2. The number of hydrogen-bond donors (Lipinski definition) is 2. The van der Waals surface area contributed by atoms with Crippen molar-refractivity contribution in [1.82, 2.24) is 9.97 Å². The number of benzene rings is 2. The molecule has 1 aliphatic carbocycles. The lowest BCUT2D eigenvalue weighted by atomic mass is 9.90. The van der Waals surface area contributed by atoms with Crippen LogP contribution in [0.15, 0.2) is 48.5 Å². The van der Waals surface area contributed by atoms with Gasteiger partial charge >= 0.3 is 0 Å². The highest BCUT2D eigenvalue weighted by Crippen LogP contribution is 2.31. The molecule has 0 radical (unpaired) electrons. The average molecular weight is 451 g/mol. The topological polar surface area (TPSA) is 79.5 Å². The molecule has 1 aromatic heterocycles.